The first-order valence-electron chi connectivity index (χ1n) is 7.29. The maximum absolute atomic E-state index is 11.1. The third kappa shape index (κ3) is 5.69. The molecule has 0 fully saturated rings. The van der Waals surface area contributed by atoms with Crippen LogP contribution in [0.15, 0.2) is 24.3 Å². The van der Waals surface area contributed by atoms with E-state index in [0.29, 0.717) is 25.3 Å². The Hall–Kier alpha value is -2.15. The summed E-state index contributed by atoms with van der Waals surface area (Å²) in [5, 5.41) is 22.7. The lowest BCUT2D eigenvalue weighted by Gasteiger charge is -2.20. The van der Waals surface area contributed by atoms with E-state index < -0.39 is 16.9 Å². The molecule has 0 aliphatic heterocycles. The van der Waals surface area contributed by atoms with Crippen LogP contribution in [0.3, 0.4) is 0 Å². The summed E-state index contributed by atoms with van der Waals surface area (Å²) in [5.41, 5.74) is 0.0202. The number of nitrogens with one attached hydrogen (secondary N) is 1. The van der Waals surface area contributed by atoms with Gasteiger partial charge < -0.3 is 15.2 Å². The molecule has 22 heavy (non-hydrogen) atoms. The van der Waals surface area contributed by atoms with E-state index in [1.165, 1.54) is 12.1 Å². The maximum atomic E-state index is 11.1. The van der Waals surface area contributed by atoms with Crippen molar-refractivity contribution < 1.29 is 19.6 Å². The molecule has 7 nitrogen and oxygen atoms in total. The number of rotatable bonds is 10. The number of non-ortho nitro benzene ring substituents is 1. The van der Waals surface area contributed by atoms with E-state index in [4.69, 9.17) is 9.84 Å². The van der Waals surface area contributed by atoms with Crippen LogP contribution in [0.1, 0.15) is 26.7 Å². The highest BCUT2D eigenvalue weighted by molar-refractivity contribution is 5.73. The normalized spacial score (nSPS) is 13.4. The molecule has 0 radical (unpaired) electrons. The molecular weight excluding hydrogens is 288 g/mol. The number of hydrogen-bond acceptors (Lipinski definition) is 5. The second kappa shape index (κ2) is 8.99. The topological polar surface area (TPSA) is 102 Å². The van der Waals surface area contributed by atoms with E-state index in [0.717, 1.165) is 6.42 Å². The lowest BCUT2D eigenvalue weighted by atomic mass is 9.99. The number of carbonyl (C=O) groups is 1. The Morgan fingerprint density at radius 1 is 1.41 bits per heavy atom. The Balaban J connectivity index is 2.30. The SMILES string of the molecule is CC[C@H](C)[C@H](NCCCOc1ccc([N+](=O)[O-])cc1)C(=O)O. The van der Waals surface area contributed by atoms with Crippen molar-refractivity contribution in [3.8, 4) is 5.75 Å². The lowest BCUT2D eigenvalue weighted by Crippen LogP contribution is -2.42. The van der Waals surface area contributed by atoms with Gasteiger partial charge in [-0.05, 0) is 31.0 Å². The molecule has 0 bridgehead atoms. The first kappa shape index (κ1) is 17.9. The summed E-state index contributed by atoms with van der Waals surface area (Å²) in [7, 11) is 0. The zero-order valence-electron chi connectivity index (χ0n) is 12.8. The second-order valence-corrected chi connectivity index (χ2v) is 5.11. The molecular formula is C15H22N2O5. The van der Waals surface area contributed by atoms with Gasteiger partial charge in [-0.1, -0.05) is 20.3 Å². The van der Waals surface area contributed by atoms with Gasteiger partial charge in [0, 0.05) is 12.1 Å². The highest BCUT2D eigenvalue weighted by atomic mass is 16.6. The van der Waals surface area contributed by atoms with Crippen LogP contribution in [-0.2, 0) is 4.79 Å². The van der Waals surface area contributed by atoms with Gasteiger partial charge in [-0.15, -0.1) is 0 Å². The molecule has 2 atom stereocenters. The van der Waals surface area contributed by atoms with Gasteiger partial charge >= 0.3 is 5.97 Å². The summed E-state index contributed by atoms with van der Waals surface area (Å²) in [4.78, 5) is 21.2. The predicted molar refractivity (Wildman–Crippen MR) is 82.1 cm³/mol. The van der Waals surface area contributed by atoms with Crippen LogP contribution >= 0.6 is 0 Å². The van der Waals surface area contributed by atoms with Crippen molar-refractivity contribution in [3.63, 3.8) is 0 Å². The minimum atomic E-state index is -0.842. The van der Waals surface area contributed by atoms with Gasteiger partial charge in [0.2, 0.25) is 0 Å². The smallest absolute Gasteiger partial charge is 0.320 e. The molecule has 0 saturated heterocycles. The summed E-state index contributed by atoms with van der Waals surface area (Å²) in [6.45, 7) is 4.81. The molecule has 0 saturated carbocycles. The summed E-state index contributed by atoms with van der Waals surface area (Å²) in [5.74, 6) is -0.221. The Kier molecular flexibility index (Phi) is 7.31. The van der Waals surface area contributed by atoms with Crippen molar-refractivity contribution in [2.75, 3.05) is 13.2 Å². The molecule has 0 spiro atoms. The second-order valence-electron chi connectivity index (χ2n) is 5.11. The van der Waals surface area contributed by atoms with Crippen molar-refractivity contribution in [1.82, 2.24) is 5.32 Å². The molecule has 0 aliphatic rings. The van der Waals surface area contributed by atoms with E-state index in [-0.39, 0.29) is 11.6 Å². The fourth-order valence-corrected chi connectivity index (χ4v) is 1.95. The van der Waals surface area contributed by atoms with Crippen molar-refractivity contribution in [1.29, 1.82) is 0 Å². The molecule has 7 heteroatoms. The van der Waals surface area contributed by atoms with Crippen LogP contribution in [0.4, 0.5) is 5.69 Å². The Bertz CT molecular complexity index is 489. The maximum Gasteiger partial charge on any atom is 0.320 e. The number of aliphatic carboxylic acids is 1. The number of carboxylic acid groups (broad SMARTS) is 1. The number of ether oxygens (including phenoxy) is 1. The molecule has 0 amide bonds. The molecule has 1 aromatic rings. The fraction of sp³-hybridized carbons (Fsp3) is 0.533. The van der Waals surface area contributed by atoms with Gasteiger partial charge in [-0.2, -0.15) is 0 Å². The predicted octanol–water partition coefficient (Wildman–Crippen LogP) is 2.45. The molecule has 1 rings (SSSR count). The van der Waals surface area contributed by atoms with Gasteiger partial charge in [0.25, 0.3) is 5.69 Å². The average Bonchev–Trinajstić information content (AvgIpc) is 2.50. The summed E-state index contributed by atoms with van der Waals surface area (Å²) in [6, 6.07) is 5.31. The number of nitro benzene ring substituents is 1. The molecule has 0 heterocycles. The first-order chi connectivity index (χ1) is 10.5. The van der Waals surface area contributed by atoms with E-state index >= 15 is 0 Å². The van der Waals surface area contributed by atoms with Crippen LogP contribution < -0.4 is 10.1 Å². The molecule has 0 aromatic heterocycles. The van der Waals surface area contributed by atoms with Crippen molar-refractivity contribution >= 4 is 11.7 Å². The van der Waals surface area contributed by atoms with Crippen LogP contribution in [0.25, 0.3) is 0 Å². The number of carboxylic acids is 1. The molecule has 0 aliphatic carbocycles. The minimum absolute atomic E-state index is 0.0202. The molecule has 1 aromatic carbocycles. The van der Waals surface area contributed by atoms with E-state index in [1.807, 2.05) is 13.8 Å². The quantitative estimate of drug-likeness (QED) is 0.391. The minimum Gasteiger partial charge on any atom is -0.494 e. The Morgan fingerprint density at radius 2 is 2.05 bits per heavy atom. The van der Waals surface area contributed by atoms with Gasteiger partial charge in [-0.3, -0.25) is 14.9 Å². The summed E-state index contributed by atoms with van der Waals surface area (Å²) < 4.78 is 5.46. The van der Waals surface area contributed by atoms with E-state index in [1.54, 1.807) is 12.1 Å². The number of nitro groups is 1. The fourth-order valence-electron chi connectivity index (χ4n) is 1.95. The zero-order chi connectivity index (χ0) is 16.5. The van der Waals surface area contributed by atoms with Crippen molar-refractivity contribution in [2.24, 2.45) is 5.92 Å². The number of nitrogens with zero attached hydrogens (tertiary/aromatic N) is 1. The van der Waals surface area contributed by atoms with Gasteiger partial charge in [-0.25, -0.2) is 0 Å². The largest absolute Gasteiger partial charge is 0.494 e. The standard InChI is InChI=1S/C15H22N2O5/c1-3-11(2)14(15(18)19)16-9-4-10-22-13-7-5-12(6-8-13)17(20)21/h5-8,11,14,16H,3-4,9-10H2,1-2H3,(H,18,19)/t11-,14-/m0/s1. The lowest BCUT2D eigenvalue weighted by molar-refractivity contribution is -0.384. The molecule has 122 valence electrons. The van der Waals surface area contributed by atoms with Gasteiger partial charge in [0.05, 0.1) is 11.5 Å². The number of benzene rings is 1. The number of hydrogen-bond donors (Lipinski definition) is 2. The van der Waals surface area contributed by atoms with Crippen LogP contribution in [0, 0.1) is 16.0 Å². The van der Waals surface area contributed by atoms with Gasteiger partial charge in [0.1, 0.15) is 11.8 Å². The van der Waals surface area contributed by atoms with E-state index in [9.17, 15) is 14.9 Å². The molecule has 0 unspecified atom stereocenters. The monoisotopic (exact) mass is 310 g/mol. The summed E-state index contributed by atoms with van der Waals surface area (Å²) >= 11 is 0. The first-order valence-corrected chi connectivity index (χ1v) is 7.29. The highest BCUT2D eigenvalue weighted by Gasteiger charge is 2.22. The van der Waals surface area contributed by atoms with Gasteiger partial charge in [0.15, 0.2) is 0 Å². The highest BCUT2D eigenvalue weighted by Crippen LogP contribution is 2.17. The van der Waals surface area contributed by atoms with Crippen molar-refractivity contribution in [3.05, 3.63) is 34.4 Å². The third-order valence-electron chi connectivity index (χ3n) is 3.48. The van der Waals surface area contributed by atoms with Crippen LogP contribution in [0.5, 0.6) is 5.75 Å². The average molecular weight is 310 g/mol. The zero-order valence-corrected chi connectivity index (χ0v) is 12.8. The Morgan fingerprint density at radius 3 is 2.55 bits per heavy atom. The molecule has 2 N–H and O–H groups in total. The van der Waals surface area contributed by atoms with Crippen molar-refractivity contribution in [2.45, 2.75) is 32.7 Å². The summed E-state index contributed by atoms with van der Waals surface area (Å²) in [6.07, 6.45) is 1.44. The van der Waals surface area contributed by atoms with E-state index in [2.05, 4.69) is 5.32 Å². The third-order valence-corrected chi connectivity index (χ3v) is 3.48. The Labute approximate surface area is 129 Å². The van der Waals surface area contributed by atoms with Crippen LogP contribution in [0.2, 0.25) is 0 Å². The van der Waals surface area contributed by atoms with Crippen LogP contribution in [-0.4, -0.2) is 35.2 Å².